The fraction of sp³-hybridized carbons (Fsp3) is 0.231. The Bertz CT molecular complexity index is 738. The summed E-state index contributed by atoms with van der Waals surface area (Å²) in [7, 11) is -3.73. The molecule has 108 valence electrons. The number of hydrogen-bond acceptors (Lipinski definition) is 4. The molecule has 0 spiro atoms. The van der Waals surface area contributed by atoms with Gasteiger partial charge in [-0.25, -0.2) is 8.42 Å². The second kappa shape index (κ2) is 5.59. The van der Waals surface area contributed by atoms with E-state index in [0.717, 1.165) is 4.47 Å². The Kier molecular flexibility index (Phi) is 4.22. The Morgan fingerprint density at radius 3 is 2.60 bits per heavy atom. The molecule has 2 aromatic rings. The first-order valence-corrected chi connectivity index (χ1v) is 8.20. The van der Waals surface area contributed by atoms with Crippen LogP contribution in [-0.4, -0.2) is 8.42 Å². The van der Waals surface area contributed by atoms with Crippen LogP contribution in [0.15, 0.2) is 38.1 Å². The zero-order valence-corrected chi connectivity index (χ0v) is 13.5. The minimum atomic E-state index is -3.73. The molecular weight excluding hydrogens is 344 g/mol. The van der Waals surface area contributed by atoms with Gasteiger partial charge in [0.25, 0.3) is 10.0 Å². The van der Waals surface area contributed by atoms with Gasteiger partial charge in [-0.3, -0.25) is 4.72 Å². The third kappa shape index (κ3) is 2.89. The van der Waals surface area contributed by atoms with Gasteiger partial charge in [-0.05, 0) is 32.0 Å². The molecule has 7 heteroatoms. The highest BCUT2D eigenvalue weighted by atomic mass is 79.9. The van der Waals surface area contributed by atoms with Gasteiger partial charge in [0.15, 0.2) is 0 Å². The Hall–Kier alpha value is -1.31. The first kappa shape index (κ1) is 15.1. The summed E-state index contributed by atoms with van der Waals surface area (Å²) < 4.78 is 33.7. The highest BCUT2D eigenvalue weighted by molar-refractivity contribution is 9.10. The van der Waals surface area contributed by atoms with E-state index in [-0.39, 0.29) is 11.4 Å². The largest absolute Gasteiger partial charge is 0.465 e. The Morgan fingerprint density at radius 1 is 1.30 bits per heavy atom. The summed E-state index contributed by atoms with van der Waals surface area (Å²) in [5, 5.41) is 0. The zero-order chi connectivity index (χ0) is 14.9. The number of aryl methyl sites for hydroxylation is 2. The number of halogens is 1. The summed E-state index contributed by atoms with van der Waals surface area (Å²) in [6.45, 7) is 3.42. The average Bonchev–Trinajstić information content (AvgIpc) is 2.63. The molecule has 0 aliphatic carbocycles. The fourth-order valence-electron chi connectivity index (χ4n) is 2.06. The minimum Gasteiger partial charge on any atom is -0.465 e. The number of furan rings is 1. The van der Waals surface area contributed by atoms with Gasteiger partial charge in [0, 0.05) is 22.3 Å². The van der Waals surface area contributed by atoms with E-state index in [4.69, 9.17) is 10.2 Å². The first-order chi connectivity index (χ1) is 9.35. The van der Waals surface area contributed by atoms with Crippen molar-refractivity contribution in [2.24, 2.45) is 5.73 Å². The van der Waals surface area contributed by atoms with Crippen LogP contribution in [0.4, 0.5) is 5.69 Å². The van der Waals surface area contributed by atoms with E-state index < -0.39 is 10.0 Å². The Balaban J connectivity index is 2.46. The van der Waals surface area contributed by atoms with Crippen molar-refractivity contribution in [3.05, 3.63) is 45.8 Å². The smallest absolute Gasteiger partial charge is 0.265 e. The van der Waals surface area contributed by atoms with Crippen molar-refractivity contribution in [3.63, 3.8) is 0 Å². The first-order valence-electron chi connectivity index (χ1n) is 5.92. The lowest BCUT2D eigenvalue weighted by molar-refractivity contribution is 0.494. The maximum absolute atomic E-state index is 12.5. The number of rotatable bonds is 4. The van der Waals surface area contributed by atoms with Gasteiger partial charge >= 0.3 is 0 Å². The van der Waals surface area contributed by atoms with Crippen molar-refractivity contribution >= 4 is 31.6 Å². The highest BCUT2D eigenvalue weighted by Crippen LogP contribution is 2.28. The lowest BCUT2D eigenvalue weighted by Gasteiger charge is -2.09. The van der Waals surface area contributed by atoms with E-state index in [2.05, 4.69) is 20.7 Å². The molecule has 0 bridgehead atoms. The van der Waals surface area contributed by atoms with Crippen LogP contribution in [-0.2, 0) is 16.6 Å². The summed E-state index contributed by atoms with van der Waals surface area (Å²) >= 11 is 3.30. The molecule has 1 aromatic carbocycles. The van der Waals surface area contributed by atoms with Crippen LogP contribution in [0.3, 0.4) is 0 Å². The van der Waals surface area contributed by atoms with E-state index in [0.29, 0.717) is 22.8 Å². The normalized spacial score (nSPS) is 11.6. The molecule has 0 unspecified atom stereocenters. The molecule has 0 radical (unpaired) electrons. The lowest BCUT2D eigenvalue weighted by atomic mass is 10.2. The van der Waals surface area contributed by atoms with Gasteiger partial charge in [-0.1, -0.05) is 22.0 Å². The molecule has 0 fully saturated rings. The second-order valence-corrected chi connectivity index (χ2v) is 6.88. The highest BCUT2D eigenvalue weighted by Gasteiger charge is 2.26. The fourth-order valence-corrected chi connectivity index (χ4v) is 3.97. The molecule has 5 nitrogen and oxygen atoms in total. The molecule has 1 aromatic heterocycles. The zero-order valence-electron chi connectivity index (χ0n) is 11.1. The maximum Gasteiger partial charge on any atom is 0.265 e. The molecule has 20 heavy (non-hydrogen) atoms. The van der Waals surface area contributed by atoms with Crippen LogP contribution in [0, 0.1) is 13.8 Å². The van der Waals surface area contributed by atoms with E-state index in [1.165, 1.54) is 0 Å². The third-order valence-electron chi connectivity index (χ3n) is 2.87. The lowest BCUT2D eigenvalue weighted by Crippen LogP contribution is -2.16. The number of nitrogens with one attached hydrogen (secondary N) is 1. The average molecular weight is 359 g/mol. The van der Waals surface area contributed by atoms with E-state index in [1.807, 2.05) is 6.07 Å². The van der Waals surface area contributed by atoms with Crippen LogP contribution >= 0.6 is 15.9 Å². The van der Waals surface area contributed by atoms with Gasteiger partial charge in [0.1, 0.15) is 16.4 Å². The molecule has 0 saturated carbocycles. The standard InChI is InChI=1S/C13H15BrN2O3S/c1-8-12(7-15)13(9(2)19-8)20(17,18)16-11-5-3-4-10(14)6-11/h3-6,16H,7,15H2,1-2H3. The number of hydrogen-bond donors (Lipinski definition) is 2. The molecule has 0 saturated heterocycles. The molecule has 0 aliphatic rings. The monoisotopic (exact) mass is 358 g/mol. The van der Waals surface area contributed by atoms with Crippen LogP contribution in [0.5, 0.6) is 0 Å². The second-order valence-electron chi connectivity index (χ2n) is 4.34. The van der Waals surface area contributed by atoms with Crippen molar-refractivity contribution in [3.8, 4) is 0 Å². The Labute approximate surface area is 126 Å². The van der Waals surface area contributed by atoms with Crippen molar-refractivity contribution < 1.29 is 12.8 Å². The summed E-state index contributed by atoms with van der Waals surface area (Å²) in [6, 6.07) is 6.92. The van der Waals surface area contributed by atoms with Crippen LogP contribution in [0.2, 0.25) is 0 Å². The van der Waals surface area contributed by atoms with Gasteiger partial charge in [-0.15, -0.1) is 0 Å². The summed E-state index contributed by atoms with van der Waals surface area (Å²) in [4.78, 5) is 0.123. The maximum atomic E-state index is 12.5. The molecule has 3 N–H and O–H groups in total. The van der Waals surface area contributed by atoms with Crippen LogP contribution < -0.4 is 10.5 Å². The van der Waals surface area contributed by atoms with Crippen molar-refractivity contribution in [1.29, 1.82) is 0 Å². The van der Waals surface area contributed by atoms with E-state index in [1.54, 1.807) is 32.0 Å². The quantitative estimate of drug-likeness (QED) is 0.879. The predicted octanol–water partition coefficient (Wildman–Crippen LogP) is 2.92. The summed E-state index contributed by atoms with van der Waals surface area (Å²) in [5.74, 6) is 0.866. The molecular formula is C13H15BrN2O3S. The van der Waals surface area contributed by atoms with E-state index >= 15 is 0 Å². The molecule has 0 atom stereocenters. The van der Waals surface area contributed by atoms with Crippen molar-refractivity contribution in [2.45, 2.75) is 25.3 Å². The van der Waals surface area contributed by atoms with Crippen LogP contribution in [0.1, 0.15) is 17.1 Å². The van der Waals surface area contributed by atoms with Gasteiger partial charge in [0.2, 0.25) is 0 Å². The number of sulfonamides is 1. The minimum absolute atomic E-state index is 0.109. The number of anilines is 1. The van der Waals surface area contributed by atoms with Gasteiger partial charge < -0.3 is 10.2 Å². The summed E-state index contributed by atoms with van der Waals surface area (Å²) in [6.07, 6.45) is 0. The van der Waals surface area contributed by atoms with Crippen molar-refractivity contribution in [2.75, 3.05) is 4.72 Å². The number of benzene rings is 1. The van der Waals surface area contributed by atoms with Gasteiger partial charge in [-0.2, -0.15) is 0 Å². The van der Waals surface area contributed by atoms with Gasteiger partial charge in [0.05, 0.1) is 0 Å². The van der Waals surface area contributed by atoms with E-state index in [9.17, 15) is 8.42 Å². The van der Waals surface area contributed by atoms with Crippen LogP contribution in [0.25, 0.3) is 0 Å². The van der Waals surface area contributed by atoms with Crippen molar-refractivity contribution in [1.82, 2.24) is 0 Å². The summed E-state index contributed by atoms with van der Waals surface area (Å²) in [5.41, 5.74) is 6.60. The third-order valence-corrected chi connectivity index (χ3v) is 4.94. The SMILES string of the molecule is Cc1oc(C)c(S(=O)(=O)Nc2cccc(Br)c2)c1CN. The molecule has 0 aliphatic heterocycles. The number of nitrogens with two attached hydrogens (primary N) is 1. The molecule has 2 rings (SSSR count). The Morgan fingerprint density at radius 2 is 2.00 bits per heavy atom. The topological polar surface area (TPSA) is 85.3 Å². The predicted molar refractivity (Wildman–Crippen MR) is 81.0 cm³/mol. The molecule has 0 amide bonds. The molecule has 1 heterocycles.